The summed E-state index contributed by atoms with van der Waals surface area (Å²) in [4.78, 5) is 0. The smallest absolute Gasteiger partial charge is 0.123 e. The molecule has 0 aliphatic carbocycles. The lowest BCUT2D eigenvalue weighted by Gasteiger charge is -2.15. The lowest BCUT2D eigenvalue weighted by molar-refractivity contribution is 0.445. The summed E-state index contributed by atoms with van der Waals surface area (Å²) in [5, 5.41) is 3.40. The van der Waals surface area contributed by atoms with E-state index < -0.39 is 0 Å². The van der Waals surface area contributed by atoms with Gasteiger partial charge in [-0.05, 0) is 30.5 Å². The molecule has 1 N–H and O–H groups in total. The van der Waals surface area contributed by atoms with Gasteiger partial charge in [0.25, 0.3) is 0 Å². The van der Waals surface area contributed by atoms with Crippen LogP contribution in [0, 0.1) is 11.7 Å². The van der Waals surface area contributed by atoms with Crippen LogP contribution in [0.15, 0.2) is 30.3 Å². The topological polar surface area (TPSA) is 12.0 Å². The standard InChI is InChI=1S/C14H20FN/c1-11(2)12(3)16-10-4-5-13-6-8-14(15)9-7-13/h4-9,11-12,16H,10H2,1-3H3/b5-4+. The lowest BCUT2D eigenvalue weighted by Crippen LogP contribution is -2.30. The second kappa shape index (κ2) is 6.44. The predicted octanol–water partition coefficient (Wildman–Crippen LogP) is 3.47. The van der Waals surface area contributed by atoms with Crippen molar-refractivity contribution >= 4 is 6.08 Å². The van der Waals surface area contributed by atoms with Gasteiger partial charge in [0.1, 0.15) is 5.82 Å². The highest BCUT2D eigenvalue weighted by Crippen LogP contribution is 2.04. The van der Waals surface area contributed by atoms with Crippen LogP contribution in [0.2, 0.25) is 0 Å². The number of halogens is 1. The zero-order chi connectivity index (χ0) is 12.0. The molecule has 88 valence electrons. The summed E-state index contributed by atoms with van der Waals surface area (Å²) in [5.74, 6) is 0.447. The molecule has 0 saturated heterocycles. The molecule has 16 heavy (non-hydrogen) atoms. The minimum absolute atomic E-state index is 0.191. The first-order valence-electron chi connectivity index (χ1n) is 5.75. The molecule has 1 aromatic rings. The van der Waals surface area contributed by atoms with Gasteiger partial charge in [0, 0.05) is 12.6 Å². The lowest BCUT2D eigenvalue weighted by atomic mass is 10.1. The van der Waals surface area contributed by atoms with Gasteiger partial charge in [-0.25, -0.2) is 4.39 Å². The van der Waals surface area contributed by atoms with Crippen LogP contribution in [0.5, 0.6) is 0 Å². The Balaban J connectivity index is 2.35. The van der Waals surface area contributed by atoms with Gasteiger partial charge in [0.05, 0.1) is 0 Å². The van der Waals surface area contributed by atoms with Crippen LogP contribution >= 0.6 is 0 Å². The van der Waals surface area contributed by atoms with E-state index in [1.54, 1.807) is 12.1 Å². The highest BCUT2D eigenvalue weighted by molar-refractivity contribution is 5.48. The van der Waals surface area contributed by atoms with Crippen molar-refractivity contribution in [2.45, 2.75) is 26.8 Å². The number of rotatable bonds is 5. The largest absolute Gasteiger partial charge is 0.311 e. The number of nitrogens with one attached hydrogen (secondary N) is 1. The van der Waals surface area contributed by atoms with Crippen molar-refractivity contribution in [2.24, 2.45) is 5.92 Å². The van der Waals surface area contributed by atoms with E-state index in [0.29, 0.717) is 12.0 Å². The molecule has 0 heterocycles. The Bertz CT molecular complexity index is 327. The van der Waals surface area contributed by atoms with E-state index in [1.807, 2.05) is 6.08 Å². The van der Waals surface area contributed by atoms with Gasteiger partial charge in [0.2, 0.25) is 0 Å². The van der Waals surface area contributed by atoms with Crippen LogP contribution in [-0.2, 0) is 0 Å². The summed E-state index contributed by atoms with van der Waals surface area (Å²) in [6.07, 6.45) is 4.06. The fraction of sp³-hybridized carbons (Fsp3) is 0.429. The molecule has 0 fully saturated rings. The third-order valence-corrected chi connectivity index (χ3v) is 2.74. The summed E-state index contributed by atoms with van der Waals surface area (Å²) < 4.78 is 12.6. The first-order valence-corrected chi connectivity index (χ1v) is 5.75. The van der Waals surface area contributed by atoms with E-state index >= 15 is 0 Å². The first kappa shape index (κ1) is 12.9. The van der Waals surface area contributed by atoms with Crippen LogP contribution in [0.3, 0.4) is 0 Å². The number of hydrogen-bond acceptors (Lipinski definition) is 1. The Morgan fingerprint density at radius 2 is 1.81 bits per heavy atom. The molecule has 0 aliphatic rings. The second-order valence-electron chi connectivity index (χ2n) is 4.39. The molecular formula is C14H20FN. The highest BCUT2D eigenvalue weighted by atomic mass is 19.1. The summed E-state index contributed by atoms with van der Waals surface area (Å²) in [5.41, 5.74) is 1.03. The maximum Gasteiger partial charge on any atom is 0.123 e. The van der Waals surface area contributed by atoms with Gasteiger partial charge in [-0.15, -0.1) is 0 Å². The molecule has 0 amide bonds. The summed E-state index contributed by atoms with van der Waals surface area (Å²) in [7, 11) is 0. The number of hydrogen-bond donors (Lipinski definition) is 1. The monoisotopic (exact) mass is 221 g/mol. The van der Waals surface area contributed by atoms with E-state index in [2.05, 4.69) is 32.2 Å². The van der Waals surface area contributed by atoms with Gasteiger partial charge in [-0.3, -0.25) is 0 Å². The molecule has 1 atom stereocenters. The van der Waals surface area contributed by atoms with Crippen molar-refractivity contribution in [3.63, 3.8) is 0 Å². The zero-order valence-electron chi connectivity index (χ0n) is 10.2. The summed E-state index contributed by atoms with van der Waals surface area (Å²) in [6.45, 7) is 7.41. The molecule has 2 heteroatoms. The zero-order valence-corrected chi connectivity index (χ0v) is 10.2. The van der Waals surface area contributed by atoms with Crippen molar-refractivity contribution in [3.05, 3.63) is 41.7 Å². The molecule has 1 rings (SSSR count). The van der Waals surface area contributed by atoms with Crippen molar-refractivity contribution in [3.8, 4) is 0 Å². The highest BCUT2D eigenvalue weighted by Gasteiger charge is 2.03. The molecule has 1 unspecified atom stereocenters. The van der Waals surface area contributed by atoms with Crippen molar-refractivity contribution in [1.29, 1.82) is 0 Å². The van der Waals surface area contributed by atoms with Gasteiger partial charge in [0.15, 0.2) is 0 Å². The maximum atomic E-state index is 12.6. The maximum absolute atomic E-state index is 12.6. The number of benzene rings is 1. The van der Waals surface area contributed by atoms with Gasteiger partial charge in [-0.1, -0.05) is 38.1 Å². The molecule has 0 radical (unpaired) electrons. The predicted molar refractivity (Wildman–Crippen MR) is 67.7 cm³/mol. The molecule has 0 bridgehead atoms. The normalized spacial score (nSPS) is 13.6. The van der Waals surface area contributed by atoms with Crippen molar-refractivity contribution in [2.75, 3.05) is 6.54 Å². The average molecular weight is 221 g/mol. The van der Waals surface area contributed by atoms with E-state index in [1.165, 1.54) is 12.1 Å². The third-order valence-electron chi connectivity index (χ3n) is 2.74. The third kappa shape index (κ3) is 4.58. The summed E-state index contributed by atoms with van der Waals surface area (Å²) in [6, 6.07) is 7.01. The molecule has 0 saturated carbocycles. The van der Waals surface area contributed by atoms with Crippen molar-refractivity contribution < 1.29 is 4.39 Å². The molecule has 0 spiro atoms. The Morgan fingerprint density at radius 1 is 1.19 bits per heavy atom. The molecule has 1 nitrogen and oxygen atoms in total. The van der Waals surface area contributed by atoms with E-state index in [-0.39, 0.29) is 5.82 Å². The van der Waals surface area contributed by atoms with E-state index in [9.17, 15) is 4.39 Å². The molecule has 0 aromatic heterocycles. The Hall–Kier alpha value is -1.15. The minimum Gasteiger partial charge on any atom is -0.311 e. The van der Waals surface area contributed by atoms with Crippen LogP contribution in [0.25, 0.3) is 6.08 Å². The fourth-order valence-electron chi connectivity index (χ4n) is 1.26. The van der Waals surface area contributed by atoms with Crippen LogP contribution in [-0.4, -0.2) is 12.6 Å². The van der Waals surface area contributed by atoms with Crippen LogP contribution in [0.4, 0.5) is 4.39 Å². The Kier molecular flexibility index (Phi) is 5.20. The second-order valence-corrected chi connectivity index (χ2v) is 4.39. The first-order chi connectivity index (χ1) is 7.59. The van der Waals surface area contributed by atoms with Gasteiger partial charge in [-0.2, -0.15) is 0 Å². The van der Waals surface area contributed by atoms with Crippen LogP contribution < -0.4 is 5.32 Å². The molecular weight excluding hydrogens is 201 g/mol. The van der Waals surface area contributed by atoms with Gasteiger partial charge >= 0.3 is 0 Å². The van der Waals surface area contributed by atoms with E-state index in [0.717, 1.165) is 12.1 Å². The average Bonchev–Trinajstić information content (AvgIpc) is 2.26. The SMILES string of the molecule is CC(C)C(C)NC/C=C/c1ccc(F)cc1. The van der Waals surface area contributed by atoms with Crippen LogP contribution in [0.1, 0.15) is 26.3 Å². The van der Waals surface area contributed by atoms with Crippen molar-refractivity contribution in [1.82, 2.24) is 5.32 Å². The molecule has 0 aliphatic heterocycles. The van der Waals surface area contributed by atoms with E-state index in [4.69, 9.17) is 0 Å². The fourth-order valence-corrected chi connectivity index (χ4v) is 1.26. The Morgan fingerprint density at radius 3 is 2.38 bits per heavy atom. The molecule has 1 aromatic carbocycles. The quantitative estimate of drug-likeness (QED) is 0.802. The Labute approximate surface area is 97.4 Å². The minimum atomic E-state index is -0.191. The van der Waals surface area contributed by atoms with Gasteiger partial charge < -0.3 is 5.32 Å². The summed E-state index contributed by atoms with van der Waals surface area (Å²) >= 11 is 0.